The highest BCUT2D eigenvalue weighted by molar-refractivity contribution is 9.24. The molecule has 7 nitrogen and oxygen atoms in total. The molecule has 0 bridgehead atoms. The second kappa shape index (κ2) is 11.4. The van der Waals surface area contributed by atoms with Crippen LogP contribution in [0.3, 0.4) is 0 Å². The number of carbonyl (C=O) groups excluding carboxylic acids is 1. The van der Waals surface area contributed by atoms with Gasteiger partial charge >= 0.3 is 6.18 Å². The number of nitrogens with zero attached hydrogens (tertiary/aromatic N) is 3. The van der Waals surface area contributed by atoms with Crippen LogP contribution >= 0.6 is 31.9 Å². The lowest BCUT2D eigenvalue weighted by Gasteiger charge is -2.36. The summed E-state index contributed by atoms with van der Waals surface area (Å²) in [7, 11) is 0. The van der Waals surface area contributed by atoms with Crippen molar-refractivity contribution in [3.8, 4) is 11.5 Å². The Hall–Kier alpha value is -3.09. The summed E-state index contributed by atoms with van der Waals surface area (Å²) in [4.78, 5) is 21.2. The molecule has 0 saturated carbocycles. The van der Waals surface area contributed by atoms with E-state index in [9.17, 15) is 18.0 Å². The minimum absolute atomic E-state index is 0.145. The average molecular weight is 681 g/mol. The summed E-state index contributed by atoms with van der Waals surface area (Å²) >= 11 is 7.07. The first-order valence-corrected chi connectivity index (χ1v) is 14.4. The van der Waals surface area contributed by atoms with Gasteiger partial charge in [-0.05, 0) is 61.0 Å². The zero-order valence-corrected chi connectivity index (χ0v) is 24.6. The number of nitrogens with one attached hydrogen (secondary N) is 1. The summed E-state index contributed by atoms with van der Waals surface area (Å²) in [6, 6.07) is 14.3. The maximum atomic E-state index is 13.1. The number of nitrogen functional groups attached to an aromatic ring is 1. The molecule has 3 N–H and O–H groups in total. The maximum Gasteiger partial charge on any atom is 0.416 e. The number of amides is 1. The van der Waals surface area contributed by atoms with Crippen molar-refractivity contribution in [1.82, 2.24) is 9.88 Å². The summed E-state index contributed by atoms with van der Waals surface area (Å²) in [6.45, 7) is 4.31. The van der Waals surface area contributed by atoms with Gasteiger partial charge in [0.25, 0.3) is 0 Å². The highest BCUT2D eigenvalue weighted by Crippen LogP contribution is 2.40. The van der Waals surface area contributed by atoms with Crippen molar-refractivity contribution in [2.45, 2.75) is 16.8 Å². The van der Waals surface area contributed by atoms with Crippen molar-refractivity contribution in [2.24, 2.45) is 0 Å². The van der Waals surface area contributed by atoms with Crippen LogP contribution in [-0.4, -0.2) is 48.5 Å². The minimum Gasteiger partial charge on any atom is -0.436 e. The van der Waals surface area contributed by atoms with Crippen LogP contribution in [0.2, 0.25) is 0 Å². The zero-order chi connectivity index (χ0) is 28.6. The van der Waals surface area contributed by atoms with Crippen molar-refractivity contribution < 1.29 is 22.4 Å². The molecular weight excluding hydrogens is 655 g/mol. The molecule has 0 aliphatic carbocycles. The zero-order valence-electron chi connectivity index (χ0n) is 21.4. The van der Waals surface area contributed by atoms with Gasteiger partial charge in [-0.3, -0.25) is 9.69 Å². The minimum atomic E-state index is -4.38. The van der Waals surface area contributed by atoms with Crippen molar-refractivity contribution in [2.75, 3.05) is 48.7 Å². The van der Waals surface area contributed by atoms with E-state index in [2.05, 4.69) is 42.2 Å². The number of halogens is 5. The molecule has 1 saturated heterocycles. The molecule has 1 aliphatic heterocycles. The number of fused-ring (bicyclic) bond motifs is 1. The average Bonchev–Trinajstić information content (AvgIpc) is 3.32. The number of alkyl halides is 5. The van der Waals surface area contributed by atoms with Crippen LogP contribution in [0.25, 0.3) is 22.6 Å². The van der Waals surface area contributed by atoms with Crippen molar-refractivity contribution in [3.05, 3.63) is 71.3 Å². The van der Waals surface area contributed by atoms with Crippen molar-refractivity contribution >= 4 is 65.9 Å². The Morgan fingerprint density at radius 1 is 1.10 bits per heavy atom. The number of rotatable bonds is 6. The lowest BCUT2D eigenvalue weighted by Crippen LogP contribution is -2.48. The molecule has 4 aromatic rings. The number of benzene rings is 3. The standard InChI is InChI=1S/C28H26Br2F3N5O2/c1-16-21(34)14-22-25(24(16)26(29)30)40-27(36-22)17-5-7-19(8-6-17)35-23(39)15-37-9-11-38(12-10-37)20-4-2-3-18(13-20)28(31,32)33/h2-8,13-14,26H,9-12,15,34H2,1H3,(H,35,39). The lowest BCUT2D eigenvalue weighted by molar-refractivity contribution is -0.137. The van der Waals surface area contributed by atoms with Crippen LogP contribution in [0.15, 0.2) is 59.0 Å². The Morgan fingerprint density at radius 2 is 1.80 bits per heavy atom. The topological polar surface area (TPSA) is 87.6 Å². The highest BCUT2D eigenvalue weighted by atomic mass is 79.9. The molecule has 1 amide bonds. The van der Waals surface area contributed by atoms with Gasteiger partial charge in [-0.25, -0.2) is 4.98 Å². The molecule has 5 rings (SSSR count). The third-order valence-electron chi connectivity index (χ3n) is 6.94. The third-order valence-corrected chi connectivity index (χ3v) is 7.85. The van der Waals surface area contributed by atoms with E-state index in [4.69, 9.17) is 10.2 Å². The van der Waals surface area contributed by atoms with E-state index >= 15 is 0 Å². The van der Waals surface area contributed by atoms with E-state index in [1.807, 2.05) is 28.9 Å². The van der Waals surface area contributed by atoms with E-state index in [0.717, 1.165) is 22.8 Å². The SMILES string of the molecule is Cc1c(N)cc2nc(-c3ccc(NC(=O)CN4CCN(c5cccc(C(F)(F)F)c5)CC4)cc3)oc2c1C(Br)Br. The fourth-order valence-corrected chi connectivity index (χ4v) is 5.84. The Bertz CT molecular complexity index is 1530. The van der Waals surface area contributed by atoms with Crippen LogP contribution in [0, 0.1) is 6.92 Å². The molecule has 0 radical (unpaired) electrons. The fourth-order valence-electron chi connectivity index (χ4n) is 4.73. The van der Waals surface area contributed by atoms with Gasteiger partial charge < -0.3 is 20.4 Å². The Balaban J connectivity index is 1.18. The summed E-state index contributed by atoms with van der Waals surface area (Å²) in [6.07, 6.45) is -4.38. The number of carbonyl (C=O) groups is 1. The molecular formula is C28H26Br2F3N5O2. The smallest absolute Gasteiger partial charge is 0.416 e. The van der Waals surface area contributed by atoms with E-state index in [0.29, 0.717) is 60.2 Å². The van der Waals surface area contributed by atoms with E-state index in [1.165, 1.54) is 12.1 Å². The van der Waals surface area contributed by atoms with E-state index in [1.54, 1.807) is 24.3 Å². The molecule has 2 heterocycles. The quantitative estimate of drug-likeness (QED) is 0.169. The molecule has 1 aliphatic rings. The Kier molecular flexibility index (Phi) is 8.12. The molecule has 210 valence electrons. The Labute approximate surface area is 245 Å². The van der Waals surface area contributed by atoms with Crippen LogP contribution < -0.4 is 16.0 Å². The van der Waals surface area contributed by atoms with Gasteiger partial charge in [0.05, 0.1) is 15.8 Å². The normalized spacial score (nSPS) is 14.7. The number of anilines is 3. The monoisotopic (exact) mass is 679 g/mol. The molecule has 3 aromatic carbocycles. The van der Waals surface area contributed by atoms with Crippen LogP contribution in [-0.2, 0) is 11.0 Å². The number of nitrogens with two attached hydrogens (primary N) is 1. The summed E-state index contributed by atoms with van der Waals surface area (Å²) in [5.74, 6) is 0.275. The maximum absolute atomic E-state index is 13.1. The van der Waals surface area contributed by atoms with Crippen molar-refractivity contribution in [1.29, 1.82) is 0 Å². The van der Waals surface area contributed by atoms with Crippen LogP contribution in [0.4, 0.5) is 30.2 Å². The predicted octanol–water partition coefficient (Wildman–Crippen LogP) is 6.95. The molecule has 1 fully saturated rings. The number of oxazole rings is 1. The summed E-state index contributed by atoms with van der Waals surface area (Å²) in [5, 5.41) is 2.90. The highest BCUT2D eigenvalue weighted by Gasteiger charge is 2.31. The first kappa shape index (κ1) is 28.4. The number of hydrogen-bond acceptors (Lipinski definition) is 6. The Morgan fingerprint density at radius 3 is 2.45 bits per heavy atom. The van der Waals surface area contributed by atoms with Gasteiger partial charge in [0.2, 0.25) is 11.8 Å². The van der Waals surface area contributed by atoms with Crippen molar-refractivity contribution in [3.63, 3.8) is 0 Å². The van der Waals surface area contributed by atoms with Gasteiger partial charge in [0, 0.05) is 54.4 Å². The number of aromatic nitrogens is 1. The molecule has 0 atom stereocenters. The summed E-state index contributed by atoms with van der Waals surface area (Å²) in [5.41, 5.74) is 11.1. The van der Waals surface area contributed by atoms with Gasteiger partial charge in [-0.15, -0.1) is 0 Å². The second-order valence-corrected chi connectivity index (χ2v) is 12.7. The third kappa shape index (κ3) is 6.13. The number of hydrogen-bond donors (Lipinski definition) is 2. The van der Waals surface area contributed by atoms with Gasteiger partial charge in [-0.2, -0.15) is 13.2 Å². The first-order chi connectivity index (χ1) is 19.0. The summed E-state index contributed by atoms with van der Waals surface area (Å²) < 4.78 is 45.1. The predicted molar refractivity (Wildman–Crippen MR) is 158 cm³/mol. The number of piperazine rings is 1. The molecule has 40 heavy (non-hydrogen) atoms. The molecule has 1 aromatic heterocycles. The van der Waals surface area contributed by atoms with E-state index in [-0.39, 0.29) is 16.2 Å². The van der Waals surface area contributed by atoms with Gasteiger partial charge in [-0.1, -0.05) is 37.9 Å². The first-order valence-electron chi connectivity index (χ1n) is 12.5. The second-order valence-electron chi connectivity index (χ2n) is 9.61. The van der Waals surface area contributed by atoms with Crippen LogP contribution in [0.1, 0.15) is 20.4 Å². The van der Waals surface area contributed by atoms with Gasteiger partial charge in [0.15, 0.2) is 5.58 Å². The lowest BCUT2D eigenvalue weighted by atomic mass is 10.1. The fraction of sp³-hybridized carbons (Fsp3) is 0.286. The van der Waals surface area contributed by atoms with E-state index < -0.39 is 11.7 Å². The van der Waals surface area contributed by atoms with Crippen LogP contribution in [0.5, 0.6) is 0 Å². The largest absolute Gasteiger partial charge is 0.436 e. The molecule has 0 unspecified atom stereocenters. The molecule has 0 spiro atoms. The van der Waals surface area contributed by atoms with Gasteiger partial charge in [0.1, 0.15) is 5.52 Å². The molecule has 12 heteroatoms.